The van der Waals surface area contributed by atoms with E-state index in [1.54, 1.807) is 6.92 Å². The summed E-state index contributed by atoms with van der Waals surface area (Å²) in [7, 11) is 0. The summed E-state index contributed by atoms with van der Waals surface area (Å²) >= 11 is 0. The molecule has 1 aliphatic carbocycles. The highest BCUT2D eigenvalue weighted by Crippen LogP contribution is 2.38. The van der Waals surface area contributed by atoms with E-state index in [1.165, 1.54) is 36.6 Å². The molecule has 1 aromatic carbocycles. The zero-order valence-corrected chi connectivity index (χ0v) is 20.7. The largest absolute Gasteiger partial charge is 0.338 e. The molecule has 35 heavy (non-hydrogen) atoms. The van der Waals surface area contributed by atoms with Crippen molar-refractivity contribution < 1.29 is 4.79 Å². The molecule has 1 fully saturated rings. The molecule has 1 N–H and O–H groups in total. The molecule has 1 saturated carbocycles. The normalized spacial score (nSPS) is 22.4. The first-order chi connectivity index (χ1) is 17.0. The summed E-state index contributed by atoms with van der Waals surface area (Å²) < 4.78 is 2.45. The van der Waals surface area contributed by atoms with Crippen LogP contribution in [-0.2, 0) is 11.3 Å². The van der Waals surface area contributed by atoms with Crippen LogP contribution in [0.2, 0.25) is 0 Å². The Morgan fingerprint density at radius 2 is 1.80 bits per heavy atom. The number of pyridine rings is 1. The Morgan fingerprint density at radius 1 is 1.00 bits per heavy atom. The van der Waals surface area contributed by atoms with Crippen molar-refractivity contribution in [3.05, 3.63) is 53.9 Å². The van der Waals surface area contributed by atoms with E-state index in [-0.39, 0.29) is 11.8 Å². The lowest BCUT2D eigenvalue weighted by Crippen LogP contribution is -2.36. The average molecular weight is 469 g/mol. The van der Waals surface area contributed by atoms with Crippen LogP contribution >= 0.6 is 0 Å². The van der Waals surface area contributed by atoms with E-state index in [4.69, 9.17) is 9.97 Å². The van der Waals surface area contributed by atoms with Crippen LogP contribution < -0.4 is 5.32 Å². The molecule has 0 radical (unpaired) electrons. The van der Waals surface area contributed by atoms with Crippen molar-refractivity contribution >= 4 is 39.6 Å². The summed E-state index contributed by atoms with van der Waals surface area (Å²) in [5.41, 5.74) is 4.38. The number of nitrogens with zero attached hydrogens (tertiary/aromatic N) is 5. The zero-order valence-electron chi connectivity index (χ0n) is 20.7. The lowest BCUT2D eigenvalue weighted by molar-refractivity contribution is -0.130. The van der Waals surface area contributed by atoms with Gasteiger partial charge in [0.25, 0.3) is 0 Å². The summed E-state index contributed by atoms with van der Waals surface area (Å²) in [4.78, 5) is 28.3. The third-order valence-electron chi connectivity index (χ3n) is 7.82. The van der Waals surface area contributed by atoms with Gasteiger partial charge in [0.05, 0.1) is 11.2 Å². The highest BCUT2D eigenvalue weighted by atomic mass is 16.2. The van der Waals surface area contributed by atoms with E-state index in [1.807, 2.05) is 17.2 Å². The van der Waals surface area contributed by atoms with Crippen LogP contribution in [0, 0.1) is 5.92 Å². The lowest BCUT2D eigenvalue weighted by Gasteiger charge is -2.31. The predicted octanol–water partition coefficient (Wildman–Crippen LogP) is 5.94. The minimum Gasteiger partial charge on any atom is -0.338 e. The molecule has 1 atom stereocenters. The van der Waals surface area contributed by atoms with E-state index >= 15 is 0 Å². The molecule has 4 heterocycles. The monoisotopic (exact) mass is 468 g/mol. The first-order valence-corrected chi connectivity index (χ1v) is 12.8. The predicted molar refractivity (Wildman–Crippen MR) is 139 cm³/mol. The summed E-state index contributed by atoms with van der Waals surface area (Å²) in [6.07, 6.45) is 6.83. The van der Waals surface area contributed by atoms with Crippen LogP contribution in [-0.4, -0.2) is 36.9 Å². The fraction of sp³-hybridized carbons (Fsp3) is 0.429. The fourth-order valence-electron chi connectivity index (χ4n) is 5.88. The number of hydrogen-bond donors (Lipinski definition) is 1. The molecule has 180 valence electrons. The molecule has 7 heteroatoms. The maximum atomic E-state index is 11.9. The number of aromatic nitrogens is 4. The van der Waals surface area contributed by atoms with Crippen molar-refractivity contribution in [3.8, 4) is 0 Å². The number of rotatable bonds is 3. The number of para-hydroxylation sites is 1. The molecule has 1 aliphatic heterocycles. The smallest absolute Gasteiger partial charge is 0.230 e. The van der Waals surface area contributed by atoms with E-state index in [0.29, 0.717) is 25.1 Å². The molecular weight excluding hydrogens is 436 g/mol. The molecule has 1 amide bonds. The number of anilines is 2. The van der Waals surface area contributed by atoms with Gasteiger partial charge in [0.2, 0.25) is 11.9 Å². The average Bonchev–Trinajstić information content (AvgIpc) is 3.18. The molecule has 0 spiro atoms. The van der Waals surface area contributed by atoms with Crippen LogP contribution in [0.15, 0.2) is 42.6 Å². The Balaban J connectivity index is 1.36. The van der Waals surface area contributed by atoms with Gasteiger partial charge in [-0.2, -0.15) is 4.98 Å². The molecule has 0 unspecified atom stereocenters. The molecular formula is C28H32N6O. The van der Waals surface area contributed by atoms with Crippen molar-refractivity contribution in [3.63, 3.8) is 0 Å². The minimum atomic E-state index is 0.106. The molecule has 0 saturated heterocycles. The Bertz CT molecular complexity index is 1420. The number of amides is 1. The van der Waals surface area contributed by atoms with Crippen molar-refractivity contribution in [2.75, 3.05) is 11.9 Å². The van der Waals surface area contributed by atoms with Crippen LogP contribution in [0.1, 0.15) is 69.7 Å². The Hall–Kier alpha value is -3.48. The van der Waals surface area contributed by atoms with Gasteiger partial charge in [-0.15, -0.1) is 0 Å². The van der Waals surface area contributed by atoms with Crippen LogP contribution in [0.4, 0.5) is 11.8 Å². The highest BCUT2D eigenvalue weighted by molar-refractivity contribution is 6.06. The quantitative estimate of drug-likeness (QED) is 0.403. The van der Waals surface area contributed by atoms with E-state index in [0.717, 1.165) is 34.0 Å². The van der Waals surface area contributed by atoms with Gasteiger partial charge in [-0.05, 0) is 49.3 Å². The third kappa shape index (κ3) is 3.93. The Morgan fingerprint density at radius 3 is 2.60 bits per heavy atom. The van der Waals surface area contributed by atoms with Gasteiger partial charge in [-0.25, -0.2) is 9.97 Å². The number of carbonyl (C=O) groups is 1. The molecule has 0 bridgehead atoms. The molecule has 6 rings (SSSR count). The third-order valence-corrected chi connectivity index (χ3v) is 7.82. The summed E-state index contributed by atoms with van der Waals surface area (Å²) in [6.45, 7) is 7.42. The van der Waals surface area contributed by atoms with Crippen LogP contribution in [0.3, 0.4) is 0 Å². The topological polar surface area (TPSA) is 75.9 Å². The van der Waals surface area contributed by atoms with Crippen molar-refractivity contribution in [1.82, 2.24) is 24.4 Å². The maximum Gasteiger partial charge on any atom is 0.230 e. The van der Waals surface area contributed by atoms with Gasteiger partial charge < -0.3 is 14.8 Å². The van der Waals surface area contributed by atoms with Crippen LogP contribution in [0.5, 0.6) is 0 Å². The second kappa shape index (κ2) is 8.63. The van der Waals surface area contributed by atoms with Gasteiger partial charge in [-0.1, -0.05) is 38.1 Å². The Kier molecular flexibility index (Phi) is 5.43. The Labute approximate surface area is 205 Å². The standard InChI is InChI=1S/C28H32N6O/c1-17-8-11-21(12-9-17)34-24-7-5-4-6-22(24)23-14-29-28(32-27(23)34)31-25-13-10-20-16-33(19(3)35)15-18(2)26(20)30-25/h4-7,10,13-14,17-18,21H,8-9,11-12,15-16H2,1-3H3,(H,29,30,31,32)/t17-,18-,21-/m1/s1. The summed E-state index contributed by atoms with van der Waals surface area (Å²) in [5.74, 6) is 2.39. The minimum absolute atomic E-state index is 0.106. The number of carbonyl (C=O) groups excluding carboxylic acids is 1. The fourth-order valence-corrected chi connectivity index (χ4v) is 5.88. The van der Waals surface area contributed by atoms with Gasteiger partial charge in [0.1, 0.15) is 11.5 Å². The number of fused-ring (bicyclic) bond motifs is 4. The number of nitrogens with one attached hydrogen (secondary N) is 1. The van der Waals surface area contributed by atoms with Crippen molar-refractivity contribution in [1.29, 1.82) is 0 Å². The SMILES string of the molecule is CC(=O)N1Cc2ccc(Nc3ncc4c5ccccc5n([C@H]5CC[C@H](C)CC5)c4n3)nc2[C@H](C)C1. The highest BCUT2D eigenvalue weighted by Gasteiger charge is 2.26. The molecule has 4 aromatic rings. The van der Waals surface area contributed by atoms with E-state index in [2.05, 4.69) is 59.0 Å². The summed E-state index contributed by atoms with van der Waals surface area (Å²) in [6, 6.07) is 13.1. The molecule has 2 aliphatic rings. The van der Waals surface area contributed by atoms with Crippen LogP contribution in [0.25, 0.3) is 21.9 Å². The second-order valence-corrected chi connectivity index (χ2v) is 10.4. The second-order valence-electron chi connectivity index (χ2n) is 10.4. The van der Waals surface area contributed by atoms with Gasteiger partial charge in [0.15, 0.2) is 0 Å². The van der Waals surface area contributed by atoms with Gasteiger partial charge in [0, 0.05) is 48.9 Å². The summed E-state index contributed by atoms with van der Waals surface area (Å²) in [5, 5.41) is 5.66. The first-order valence-electron chi connectivity index (χ1n) is 12.8. The maximum absolute atomic E-state index is 11.9. The van der Waals surface area contributed by atoms with Crippen molar-refractivity contribution in [2.24, 2.45) is 5.92 Å². The van der Waals surface area contributed by atoms with Gasteiger partial charge in [-0.3, -0.25) is 4.79 Å². The van der Waals surface area contributed by atoms with E-state index < -0.39 is 0 Å². The van der Waals surface area contributed by atoms with Crippen molar-refractivity contribution in [2.45, 2.75) is 65.0 Å². The molecule has 7 nitrogen and oxygen atoms in total. The number of benzene rings is 1. The first kappa shape index (κ1) is 22.0. The van der Waals surface area contributed by atoms with Gasteiger partial charge >= 0.3 is 0 Å². The number of hydrogen-bond acceptors (Lipinski definition) is 5. The molecule has 3 aromatic heterocycles. The lowest BCUT2D eigenvalue weighted by atomic mass is 9.87. The van der Waals surface area contributed by atoms with E-state index in [9.17, 15) is 4.79 Å². The zero-order chi connectivity index (χ0) is 24.1.